The van der Waals surface area contributed by atoms with Crippen LogP contribution in [0.3, 0.4) is 0 Å². The number of halogens is 1. The number of aromatic nitrogens is 1. The molecule has 0 fully saturated rings. The largest absolute Gasteiger partial charge is 0.264 e. The molecule has 1 atom stereocenters. The highest BCUT2D eigenvalue weighted by Crippen LogP contribution is 2.25. The molecule has 1 nitrogen and oxygen atoms in total. The Morgan fingerprint density at radius 2 is 1.87 bits per heavy atom. The van der Waals surface area contributed by atoms with E-state index >= 15 is 0 Å². The van der Waals surface area contributed by atoms with E-state index in [2.05, 4.69) is 51.2 Å². The first kappa shape index (κ1) is 10.4. The molecule has 0 unspecified atom stereocenters. The van der Waals surface area contributed by atoms with Crippen molar-refractivity contribution in [2.75, 3.05) is 0 Å². The minimum atomic E-state index is 0.341. The molecule has 1 heterocycles. The summed E-state index contributed by atoms with van der Waals surface area (Å²) in [7, 11) is 0. The molecule has 0 aliphatic heterocycles. The maximum absolute atomic E-state index is 4.12. The molecule has 2 rings (SSSR count). The lowest BCUT2D eigenvalue weighted by molar-refractivity contribution is 0.939. The Kier molecular flexibility index (Phi) is 3.51. The number of alkyl halides is 1. The van der Waals surface area contributed by atoms with E-state index in [0.717, 1.165) is 6.42 Å². The van der Waals surface area contributed by atoms with E-state index < -0.39 is 0 Å². The second-order valence-electron chi connectivity index (χ2n) is 3.44. The van der Waals surface area contributed by atoms with E-state index in [1.165, 1.54) is 11.1 Å². The van der Waals surface area contributed by atoms with Crippen LogP contribution in [0.5, 0.6) is 0 Å². The molecule has 0 saturated carbocycles. The topological polar surface area (TPSA) is 12.9 Å². The minimum Gasteiger partial charge on any atom is -0.264 e. The molecular formula is C13H12BrN. The van der Waals surface area contributed by atoms with Crippen LogP contribution < -0.4 is 0 Å². The lowest BCUT2D eigenvalue weighted by atomic mass is 10.1. The summed E-state index contributed by atoms with van der Waals surface area (Å²) < 4.78 is 0. The van der Waals surface area contributed by atoms with Crippen molar-refractivity contribution in [3.05, 3.63) is 66.0 Å². The van der Waals surface area contributed by atoms with Crippen LogP contribution in [-0.4, -0.2) is 4.98 Å². The van der Waals surface area contributed by atoms with E-state index in [9.17, 15) is 0 Å². The van der Waals surface area contributed by atoms with Crippen LogP contribution in [0.25, 0.3) is 0 Å². The molecule has 15 heavy (non-hydrogen) atoms. The third-order valence-corrected chi connectivity index (χ3v) is 3.16. The van der Waals surface area contributed by atoms with Gasteiger partial charge in [0, 0.05) is 17.2 Å². The van der Waals surface area contributed by atoms with E-state index in [4.69, 9.17) is 0 Å². The number of nitrogens with zero attached hydrogens (tertiary/aromatic N) is 1. The van der Waals surface area contributed by atoms with Crippen molar-refractivity contribution in [2.24, 2.45) is 0 Å². The van der Waals surface area contributed by atoms with Crippen LogP contribution in [0.15, 0.2) is 54.9 Å². The predicted octanol–water partition coefficient (Wildman–Crippen LogP) is 3.76. The summed E-state index contributed by atoms with van der Waals surface area (Å²) >= 11 is 3.68. The highest BCUT2D eigenvalue weighted by molar-refractivity contribution is 9.09. The molecule has 0 amide bonds. The molecule has 0 aliphatic carbocycles. The monoisotopic (exact) mass is 261 g/mol. The lowest BCUT2D eigenvalue weighted by Crippen LogP contribution is -1.95. The maximum atomic E-state index is 4.12. The van der Waals surface area contributed by atoms with Gasteiger partial charge in [-0.05, 0) is 23.6 Å². The summed E-state index contributed by atoms with van der Waals surface area (Å²) in [6.45, 7) is 0. The normalized spacial score (nSPS) is 12.3. The van der Waals surface area contributed by atoms with Crippen molar-refractivity contribution >= 4 is 15.9 Å². The Labute approximate surface area is 98.3 Å². The van der Waals surface area contributed by atoms with Crippen LogP contribution in [0.1, 0.15) is 16.0 Å². The average molecular weight is 262 g/mol. The van der Waals surface area contributed by atoms with Gasteiger partial charge in [0.1, 0.15) is 0 Å². The zero-order valence-electron chi connectivity index (χ0n) is 8.31. The molecule has 1 aromatic carbocycles. The molecule has 0 saturated heterocycles. The quantitative estimate of drug-likeness (QED) is 0.767. The van der Waals surface area contributed by atoms with Crippen LogP contribution in [-0.2, 0) is 6.42 Å². The van der Waals surface area contributed by atoms with E-state index in [1.54, 1.807) is 6.20 Å². The summed E-state index contributed by atoms with van der Waals surface area (Å²) in [5, 5.41) is 0. The first-order valence-electron chi connectivity index (χ1n) is 4.94. The van der Waals surface area contributed by atoms with Crippen molar-refractivity contribution in [1.29, 1.82) is 0 Å². The van der Waals surface area contributed by atoms with Gasteiger partial charge in [-0.2, -0.15) is 0 Å². The van der Waals surface area contributed by atoms with Gasteiger partial charge in [-0.1, -0.05) is 52.3 Å². The van der Waals surface area contributed by atoms with Gasteiger partial charge in [-0.15, -0.1) is 0 Å². The number of pyridine rings is 1. The number of benzene rings is 1. The van der Waals surface area contributed by atoms with Crippen LogP contribution in [0, 0.1) is 0 Å². The van der Waals surface area contributed by atoms with Crippen molar-refractivity contribution in [1.82, 2.24) is 4.98 Å². The van der Waals surface area contributed by atoms with Crippen molar-refractivity contribution < 1.29 is 0 Å². The molecule has 0 bridgehead atoms. The molecule has 2 heteroatoms. The Bertz CT molecular complexity index is 399. The Hall–Kier alpha value is -1.15. The second kappa shape index (κ2) is 5.08. The average Bonchev–Trinajstić information content (AvgIpc) is 2.31. The van der Waals surface area contributed by atoms with E-state index in [-0.39, 0.29) is 0 Å². The minimum absolute atomic E-state index is 0.341. The molecule has 0 aliphatic rings. The van der Waals surface area contributed by atoms with Gasteiger partial charge < -0.3 is 0 Å². The molecule has 0 spiro atoms. The number of rotatable bonds is 3. The smallest absolute Gasteiger partial charge is 0.0450 e. The summed E-state index contributed by atoms with van der Waals surface area (Å²) in [6, 6.07) is 14.5. The molecule has 76 valence electrons. The third-order valence-electron chi connectivity index (χ3n) is 2.30. The first-order chi connectivity index (χ1) is 7.36. The van der Waals surface area contributed by atoms with Gasteiger partial charge in [0.25, 0.3) is 0 Å². The third kappa shape index (κ3) is 2.90. The van der Waals surface area contributed by atoms with Crippen molar-refractivity contribution in [3.8, 4) is 0 Å². The zero-order chi connectivity index (χ0) is 10.5. The lowest BCUT2D eigenvalue weighted by Gasteiger charge is -2.09. The predicted molar refractivity (Wildman–Crippen MR) is 66.1 cm³/mol. The maximum Gasteiger partial charge on any atom is 0.0450 e. The zero-order valence-corrected chi connectivity index (χ0v) is 9.89. The van der Waals surface area contributed by atoms with Crippen LogP contribution in [0.4, 0.5) is 0 Å². The van der Waals surface area contributed by atoms with Crippen LogP contribution >= 0.6 is 15.9 Å². The van der Waals surface area contributed by atoms with Gasteiger partial charge in [0.05, 0.1) is 0 Å². The summed E-state index contributed by atoms with van der Waals surface area (Å²) in [4.78, 5) is 4.46. The van der Waals surface area contributed by atoms with Gasteiger partial charge in [-0.25, -0.2) is 0 Å². The Morgan fingerprint density at radius 3 is 2.53 bits per heavy atom. The standard InChI is InChI=1S/C13H12BrN/c14-13(12-7-4-8-15-10-12)9-11-5-2-1-3-6-11/h1-8,10,13H,9H2/t13-/m1/s1. The highest BCUT2D eigenvalue weighted by atomic mass is 79.9. The summed E-state index contributed by atoms with van der Waals surface area (Å²) in [5.74, 6) is 0. The van der Waals surface area contributed by atoms with Gasteiger partial charge in [-0.3, -0.25) is 4.98 Å². The number of hydrogen-bond acceptors (Lipinski definition) is 1. The van der Waals surface area contributed by atoms with Crippen molar-refractivity contribution in [2.45, 2.75) is 11.2 Å². The van der Waals surface area contributed by atoms with E-state index in [1.807, 2.05) is 18.3 Å². The molecule has 0 radical (unpaired) electrons. The fourth-order valence-corrected chi connectivity index (χ4v) is 2.14. The molecule has 0 N–H and O–H groups in total. The Morgan fingerprint density at radius 1 is 1.07 bits per heavy atom. The van der Waals surface area contributed by atoms with Gasteiger partial charge in [0.15, 0.2) is 0 Å². The number of hydrogen-bond donors (Lipinski definition) is 0. The fraction of sp³-hybridized carbons (Fsp3) is 0.154. The van der Waals surface area contributed by atoms with Crippen molar-refractivity contribution in [3.63, 3.8) is 0 Å². The highest BCUT2D eigenvalue weighted by Gasteiger charge is 2.07. The van der Waals surface area contributed by atoms with Gasteiger partial charge >= 0.3 is 0 Å². The second-order valence-corrected chi connectivity index (χ2v) is 4.55. The summed E-state index contributed by atoms with van der Waals surface area (Å²) in [6.07, 6.45) is 4.70. The van der Waals surface area contributed by atoms with Gasteiger partial charge in [0.2, 0.25) is 0 Å². The fourth-order valence-electron chi connectivity index (χ4n) is 1.50. The first-order valence-corrected chi connectivity index (χ1v) is 5.86. The van der Waals surface area contributed by atoms with E-state index in [0.29, 0.717) is 4.83 Å². The summed E-state index contributed by atoms with van der Waals surface area (Å²) in [5.41, 5.74) is 2.56. The molecular weight excluding hydrogens is 250 g/mol. The SMILES string of the molecule is Br[C@H](Cc1ccccc1)c1cccnc1. The molecule has 2 aromatic rings. The van der Waals surface area contributed by atoms with Crippen LogP contribution in [0.2, 0.25) is 0 Å². The Balaban J connectivity index is 2.08. The molecule has 1 aromatic heterocycles.